The van der Waals surface area contributed by atoms with Crippen LogP contribution < -0.4 is 5.56 Å². The van der Waals surface area contributed by atoms with E-state index in [4.69, 9.17) is 19.3 Å². The number of ether oxygens (including phenoxy) is 2. The smallest absolute Gasteiger partial charge is 0.343 e. The van der Waals surface area contributed by atoms with Crippen LogP contribution in [0.4, 0.5) is 0 Å². The highest BCUT2D eigenvalue weighted by atomic mass is 16.7. The number of epoxide rings is 1. The van der Waals surface area contributed by atoms with E-state index in [2.05, 4.69) is 5.16 Å². The van der Waals surface area contributed by atoms with Gasteiger partial charge in [-0.3, -0.25) is 4.79 Å². The Labute approximate surface area is 188 Å². The van der Waals surface area contributed by atoms with Crippen molar-refractivity contribution < 1.29 is 24.2 Å². The lowest BCUT2D eigenvalue weighted by Gasteiger charge is -2.31. The number of pyridine rings is 2. The van der Waals surface area contributed by atoms with E-state index in [-0.39, 0.29) is 24.7 Å². The highest BCUT2D eigenvalue weighted by Crippen LogP contribution is 2.39. The monoisotopic (exact) mass is 447 g/mol. The van der Waals surface area contributed by atoms with Gasteiger partial charge in [-0.25, -0.2) is 9.78 Å². The molecule has 6 rings (SSSR count). The van der Waals surface area contributed by atoms with E-state index in [1.807, 2.05) is 24.3 Å². The van der Waals surface area contributed by atoms with Crippen molar-refractivity contribution in [2.75, 3.05) is 13.2 Å². The lowest BCUT2D eigenvalue weighted by Crippen LogP contribution is -2.44. The second kappa shape index (κ2) is 7.23. The fourth-order valence-electron chi connectivity index (χ4n) is 4.59. The molecular weight excluding hydrogens is 426 g/mol. The molecule has 1 saturated heterocycles. The molecule has 0 spiro atoms. The van der Waals surface area contributed by atoms with Gasteiger partial charge in [0, 0.05) is 22.1 Å². The van der Waals surface area contributed by atoms with Gasteiger partial charge in [-0.15, -0.1) is 0 Å². The van der Waals surface area contributed by atoms with Crippen LogP contribution in [-0.2, 0) is 37.9 Å². The van der Waals surface area contributed by atoms with E-state index in [9.17, 15) is 14.7 Å². The minimum Gasteiger partial charge on any atom is -0.458 e. The Balaban J connectivity index is 1.54. The molecule has 3 aliphatic rings. The number of cyclic esters (lactones) is 1. The zero-order valence-electron chi connectivity index (χ0n) is 17.9. The Morgan fingerprint density at radius 2 is 2.15 bits per heavy atom. The summed E-state index contributed by atoms with van der Waals surface area (Å²) < 4.78 is 11.9. The summed E-state index contributed by atoms with van der Waals surface area (Å²) >= 11 is 0. The molecule has 0 bridgehead atoms. The van der Waals surface area contributed by atoms with Gasteiger partial charge in [0.25, 0.3) is 5.56 Å². The van der Waals surface area contributed by atoms with Gasteiger partial charge in [0.05, 0.1) is 41.8 Å². The molecule has 0 aliphatic carbocycles. The Kier molecular flexibility index (Phi) is 4.40. The Morgan fingerprint density at radius 3 is 2.94 bits per heavy atom. The van der Waals surface area contributed by atoms with Crippen molar-refractivity contribution in [2.24, 2.45) is 5.16 Å². The van der Waals surface area contributed by atoms with Gasteiger partial charge >= 0.3 is 5.97 Å². The van der Waals surface area contributed by atoms with Crippen molar-refractivity contribution in [1.82, 2.24) is 9.55 Å². The second-order valence-electron chi connectivity index (χ2n) is 8.46. The van der Waals surface area contributed by atoms with Gasteiger partial charge in [-0.2, -0.15) is 0 Å². The normalized spacial score (nSPS) is 22.7. The molecule has 1 aromatic carbocycles. The maximum Gasteiger partial charge on any atom is 0.343 e. The largest absolute Gasteiger partial charge is 0.458 e. The molecule has 2 atom stereocenters. The van der Waals surface area contributed by atoms with E-state index in [0.717, 1.165) is 22.0 Å². The molecule has 9 nitrogen and oxygen atoms in total. The number of aromatic nitrogens is 2. The average molecular weight is 447 g/mol. The third kappa shape index (κ3) is 3.00. The third-order valence-electron chi connectivity index (χ3n) is 6.56. The molecule has 1 N–H and O–H groups in total. The number of hydrogen-bond donors (Lipinski definition) is 1. The molecule has 0 radical (unpaired) electrons. The number of nitrogens with zero attached hydrogens (tertiary/aromatic N) is 3. The standard InChI is InChI=1S/C24H21N3O6/c1-2-24(30)18-7-20-21-16(9-27(20)22(28)17(18)12-32-23(24)29)15(8-25-33-11-13-10-31-13)14-5-3-4-6-19(14)26-21/h3-8,13,30H,2,9-12H2,1H3/b25-8+/t13?,24-/m0/s1. The maximum absolute atomic E-state index is 13.4. The van der Waals surface area contributed by atoms with Crippen molar-refractivity contribution in [2.45, 2.75) is 38.2 Å². The number of esters is 1. The molecule has 3 aliphatic heterocycles. The molecule has 0 amide bonds. The average Bonchev–Trinajstić information content (AvgIpc) is 3.58. The first-order chi connectivity index (χ1) is 16.0. The van der Waals surface area contributed by atoms with Crippen LogP contribution in [0, 0.1) is 0 Å². The van der Waals surface area contributed by atoms with E-state index >= 15 is 0 Å². The summed E-state index contributed by atoms with van der Waals surface area (Å²) in [6.07, 6.45) is 1.84. The lowest BCUT2D eigenvalue weighted by molar-refractivity contribution is -0.172. The lowest BCUT2D eigenvalue weighted by atomic mass is 9.86. The summed E-state index contributed by atoms with van der Waals surface area (Å²) in [4.78, 5) is 36.0. The number of hydrogen-bond acceptors (Lipinski definition) is 8. The zero-order valence-corrected chi connectivity index (χ0v) is 17.9. The molecule has 5 heterocycles. The van der Waals surface area contributed by atoms with Crippen molar-refractivity contribution in [3.05, 3.63) is 62.9 Å². The summed E-state index contributed by atoms with van der Waals surface area (Å²) in [6, 6.07) is 9.36. The van der Waals surface area contributed by atoms with E-state index in [0.29, 0.717) is 42.3 Å². The van der Waals surface area contributed by atoms with Gasteiger partial charge in [0.2, 0.25) is 0 Å². The SMILES string of the molecule is CC[C@@]1(O)C(=O)OCc2c1cc1n(c2=O)Cc2c-1nc1ccccc1c2/C=N/OCC1CO1. The van der Waals surface area contributed by atoms with Crippen LogP contribution in [0.15, 0.2) is 40.3 Å². The molecule has 33 heavy (non-hydrogen) atoms. The van der Waals surface area contributed by atoms with E-state index < -0.39 is 11.6 Å². The quantitative estimate of drug-likeness (QED) is 0.215. The summed E-state index contributed by atoms with van der Waals surface area (Å²) in [5.74, 6) is -0.740. The summed E-state index contributed by atoms with van der Waals surface area (Å²) in [7, 11) is 0. The Bertz CT molecular complexity index is 1410. The predicted octanol–water partition coefficient (Wildman–Crippen LogP) is 1.83. The molecule has 2 aromatic heterocycles. The number of fused-ring (bicyclic) bond motifs is 5. The van der Waals surface area contributed by atoms with Crippen molar-refractivity contribution in [1.29, 1.82) is 0 Å². The third-order valence-corrected chi connectivity index (χ3v) is 6.56. The second-order valence-corrected chi connectivity index (χ2v) is 8.46. The zero-order chi connectivity index (χ0) is 22.7. The molecule has 9 heteroatoms. The number of carbonyl (C=O) groups excluding carboxylic acids is 1. The van der Waals surface area contributed by atoms with Crippen LogP contribution in [0.2, 0.25) is 0 Å². The summed E-state index contributed by atoms with van der Waals surface area (Å²) in [5, 5.41) is 16.1. The molecular formula is C24H21N3O6. The van der Waals surface area contributed by atoms with Gasteiger partial charge < -0.3 is 24.0 Å². The van der Waals surface area contributed by atoms with Crippen molar-refractivity contribution in [3.63, 3.8) is 0 Å². The Hall–Kier alpha value is -3.56. The van der Waals surface area contributed by atoms with E-state index in [1.54, 1.807) is 23.8 Å². The van der Waals surface area contributed by atoms with Gasteiger partial charge in [0.1, 0.15) is 19.3 Å². The van der Waals surface area contributed by atoms with Crippen LogP contribution in [0.25, 0.3) is 22.3 Å². The fourth-order valence-corrected chi connectivity index (χ4v) is 4.59. The van der Waals surface area contributed by atoms with Crippen LogP contribution in [0.3, 0.4) is 0 Å². The minimum absolute atomic E-state index is 0.0958. The van der Waals surface area contributed by atoms with Gasteiger partial charge in [-0.05, 0) is 18.6 Å². The fraction of sp³-hybridized carbons (Fsp3) is 0.333. The van der Waals surface area contributed by atoms with Crippen molar-refractivity contribution in [3.8, 4) is 11.4 Å². The summed E-state index contributed by atoms with van der Waals surface area (Å²) in [6.45, 7) is 2.88. The predicted molar refractivity (Wildman–Crippen MR) is 118 cm³/mol. The highest BCUT2D eigenvalue weighted by Gasteiger charge is 2.45. The molecule has 1 unspecified atom stereocenters. The van der Waals surface area contributed by atoms with Crippen LogP contribution in [-0.4, -0.2) is 46.2 Å². The Morgan fingerprint density at radius 1 is 1.33 bits per heavy atom. The molecule has 0 saturated carbocycles. The number of aliphatic hydroxyl groups is 1. The molecule has 168 valence electrons. The van der Waals surface area contributed by atoms with Gasteiger partial charge in [0.15, 0.2) is 5.60 Å². The van der Waals surface area contributed by atoms with E-state index in [1.165, 1.54) is 0 Å². The first-order valence-corrected chi connectivity index (χ1v) is 10.9. The first kappa shape index (κ1) is 20.1. The molecule has 1 fully saturated rings. The minimum atomic E-state index is -1.86. The number of oxime groups is 1. The maximum atomic E-state index is 13.4. The first-order valence-electron chi connectivity index (χ1n) is 10.9. The number of benzene rings is 1. The van der Waals surface area contributed by atoms with Crippen molar-refractivity contribution >= 4 is 23.1 Å². The number of para-hydroxylation sites is 1. The van der Waals surface area contributed by atoms with Crippen LogP contribution in [0.5, 0.6) is 0 Å². The number of carbonyl (C=O) groups is 1. The van der Waals surface area contributed by atoms with Crippen LogP contribution >= 0.6 is 0 Å². The van der Waals surface area contributed by atoms with Gasteiger partial charge in [-0.1, -0.05) is 30.3 Å². The highest BCUT2D eigenvalue weighted by molar-refractivity contribution is 6.02. The number of rotatable bonds is 5. The molecule has 3 aromatic rings. The topological polar surface area (TPSA) is 116 Å². The summed E-state index contributed by atoms with van der Waals surface area (Å²) in [5.41, 5.74) is 2.00. The van der Waals surface area contributed by atoms with Crippen LogP contribution in [0.1, 0.15) is 35.6 Å².